The Balaban J connectivity index is 2.31. The lowest BCUT2D eigenvalue weighted by atomic mass is 9.99. The summed E-state index contributed by atoms with van der Waals surface area (Å²) in [7, 11) is 0. The molecule has 0 heterocycles. The molecule has 2 aromatic rings. The lowest BCUT2D eigenvalue weighted by Gasteiger charge is -2.15. The molecular formula is C14H11BrClF2N. The van der Waals surface area contributed by atoms with Gasteiger partial charge in [-0.2, -0.15) is 0 Å². The summed E-state index contributed by atoms with van der Waals surface area (Å²) in [6.07, 6.45) is 0.0503. The van der Waals surface area contributed by atoms with Crippen molar-refractivity contribution in [2.45, 2.75) is 12.5 Å². The van der Waals surface area contributed by atoms with Crippen molar-refractivity contribution >= 4 is 27.5 Å². The molecule has 1 unspecified atom stereocenters. The van der Waals surface area contributed by atoms with Crippen molar-refractivity contribution in [2.75, 3.05) is 0 Å². The van der Waals surface area contributed by atoms with E-state index in [1.165, 1.54) is 18.2 Å². The van der Waals surface area contributed by atoms with Gasteiger partial charge in [-0.1, -0.05) is 29.8 Å². The van der Waals surface area contributed by atoms with E-state index in [9.17, 15) is 8.78 Å². The SMILES string of the molecule is NC(Cc1c(F)cccc1F)c1cccc(Br)c1Cl. The Bertz CT molecular complexity index is 584. The fourth-order valence-corrected chi connectivity index (χ4v) is 2.51. The molecule has 100 valence electrons. The first-order valence-corrected chi connectivity index (χ1v) is 6.80. The molecule has 0 aliphatic heterocycles. The lowest BCUT2D eigenvalue weighted by molar-refractivity contribution is 0.540. The zero-order valence-corrected chi connectivity index (χ0v) is 12.2. The Labute approximate surface area is 123 Å². The van der Waals surface area contributed by atoms with E-state index in [1.54, 1.807) is 18.2 Å². The number of rotatable bonds is 3. The molecule has 0 saturated heterocycles. The molecule has 0 aliphatic rings. The average molecular weight is 347 g/mol. The summed E-state index contributed by atoms with van der Waals surface area (Å²) < 4.78 is 27.8. The smallest absolute Gasteiger partial charge is 0.129 e. The van der Waals surface area contributed by atoms with Gasteiger partial charge in [-0.3, -0.25) is 0 Å². The Morgan fingerprint density at radius 1 is 1.11 bits per heavy atom. The zero-order valence-electron chi connectivity index (χ0n) is 9.84. The predicted octanol–water partition coefficient (Wildman–Crippen LogP) is 4.62. The van der Waals surface area contributed by atoms with Crippen LogP contribution in [0.4, 0.5) is 8.78 Å². The fourth-order valence-electron chi connectivity index (χ4n) is 1.86. The van der Waals surface area contributed by atoms with Crippen LogP contribution in [0.25, 0.3) is 0 Å². The Kier molecular flexibility index (Phi) is 4.55. The topological polar surface area (TPSA) is 26.0 Å². The Morgan fingerprint density at radius 3 is 2.32 bits per heavy atom. The monoisotopic (exact) mass is 345 g/mol. The second-order valence-electron chi connectivity index (χ2n) is 4.15. The maximum atomic E-state index is 13.6. The average Bonchev–Trinajstić information content (AvgIpc) is 2.37. The summed E-state index contributed by atoms with van der Waals surface area (Å²) in [6, 6.07) is 8.49. The second kappa shape index (κ2) is 5.99. The van der Waals surface area contributed by atoms with Gasteiger partial charge in [0.15, 0.2) is 0 Å². The third-order valence-corrected chi connectivity index (χ3v) is 4.18. The summed E-state index contributed by atoms with van der Waals surface area (Å²) in [5.74, 6) is -1.19. The first-order chi connectivity index (χ1) is 9.00. The maximum absolute atomic E-state index is 13.6. The highest BCUT2D eigenvalue weighted by Crippen LogP contribution is 2.31. The quantitative estimate of drug-likeness (QED) is 0.862. The number of hydrogen-bond donors (Lipinski definition) is 1. The largest absolute Gasteiger partial charge is 0.324 e. The summed E-state index contributed by atoms with van der Waals surface area (Å²) in [4.78, 5) is 0. The van der Waals surface area contributed by atoms with Gasteiger partial charge in [-0.15, -0.1) is 0 Å². The van der Waals surface area contributed by atoms with Crippen LogP contribution >= 0.6 is 27.5 Å². The predicted molar refractivity (Wildman–Crippen MR) is 76.1 cm³/mol. The van der Waals surface area contributed by atoms with Crippen LogP contribution < -0.4 is 5.73 Å². The molecule has 0 spiro atoms. The number of hydrogen-bond acceptors (Lipinski definition) is 1. The summed E-state index contributed by atoms with van der Waals surface area (Å²) >= 11 is 9.41. The molecule has 0 radical (unpaired) electrons. The van der Waals surface area contributed by atoms with Gasteiger partial charge in [-0.25, -0.2) is 8.78 Å². The third-order valence-electron chi connectivity index (χ3n) is 2.87. The molecule has 0 aliphatic carbocycles. The van der Waals surface area contributed by atoms with Crippen LogP contribution in [0.15, 0.2) is 40.9 Å². The van der Waals surface area contributed by atoms with Gasteiger partial charge in [-0.05, 0) is 46.1 Å². The molecule has 1 nitrogen and oxygen atoms in total. The van der Waals surface area contributed by atoms with Gasteiger partial charge in [0.2, 0.25) is 0 Å². The summed E-state index contributed by atoms with van der Waals surface area (Å²) in [5, 5.41) is 0.465. The van der Waals surface area contributed by atoms with E-state index >= 15 is 0 Å². The zero-order chi connectivity index (χ0) is 14.0. The molecule has 0 bridgehead atoms. The van der Waals surface area contributed by atoms with Crippen LogP contribution in [0.3, 0.4) is 0 Å². The molecule has 2 rings (SSSR count). The molecule has 0 amide bonds. The highest BCUT2D eigenvalue weighted by atomic mass is 79.9. The minimum atomic E-state index is -0.596. The molecule has 2 N–H and O–H groups in total. The lowest BCUT2D eigenvalue weighted by Crippen LogP contribution is -2.15. The van der Waals surface area contributed by atoms with Crippen LogP contribution in [-0.4, -0.2) is 0 Å². The maximum Gasteiger partial charge on any atom is 0.129 e. The number of halogens is 4. The van der Waals surface area contributed by atoms with Crippen molar-refractivity contribution in [3.8, 4) is 0 Å². The second-order valence-corrected chi connectivity index (χ2v) is 5.39. The standard InChI is InChI=1S/C14H11BrClF2N/c15-10-4-1-3-8(14(10)16)13(19)7-9-11(17)5-2-6-12(9)18/h1-6,13H,7,19H2. The van der Waals surface area contributed by atoms with Crippen LogP contribution in [0, 0.1) is 11.6 Å². The van der Waals surface area contributed by atoms with Crippen molar-refractivity contribution in [2.24, 2.45) is 5.73 Å². The fraction of sp³-hybridized carbons (Fsp3) is 0.143. The van der Waals surface area contributed by atoms with Gasteiger partial charge in [0, 0.05) is 16.1 Å². The molecular weight excluding hydrogens is 336 g/mol. The molecule has 1 atom stereocenters. The molecule has 0 saturated carbocycles. The van der Waals surface area contributed by atoms with Gasteiger partial charge < -0.3 is 5.73 Å². The number of nitrogens with two attached hydrogens (primary N) is 1. The van der Waals surface area contributed by atoms with E-state index in [4.69, 9.17) is 17.3 Å². The van der Waals surface area contributed by atoms with Crippen molar-refractivity contribution in [3.63, 3.8) is 0 Å². The summed E-state index contributed by atoms with van der Waals surface area (Å²) in [6.45, 7) is 0. The summed E-state index contributed by atoms with van der Waals surface area (Å²) in [5.41, 5.74) is 6.63. The Hall–Kier alpha value is -0.970. The highest BCUT2D eigenvalue weighted by Gasteiger charge is 2.17. The van der Waals surface area contributed by atoms with Gasteiger partial charge in [0.1, 0.15) is 11.6 Å². The van der Waals surface area contributed by atoms with Crippen molar-refractivity contribution in [1.82, 2.24) is 0 Å². The van der Waals surface area contributed by atoms with Crippen LogP contribution in [0.2, 0.25) is 5.02 Å². The van der Waals surface area contributed by atoms with E-state index in [0.29, 0.717) is 15.1 Å². The van der Waals surface area contributed by atoms with Gasteiger partial charge in [0.25, 0.3) is 0 Å². The normalized spacial score (nSPS) is 12.5. The van der Waals surface area contributed by atoms with Crippen molar-refractivity contribution in [3.05, 3.63) is 68.7 Å². The number of benzene rings is 2. The van der Waals surface area contributed by atoms with E-state index < -0.39 is 17.7 Å². The van der Waals surface area contributed by atoms with E-state index in [0.717, 1.165) is 0 Å². The van der Waals surface area contributed by atoms with Crippen LogP contribution in [0.5, 0.6) is 0 Å². The Morgan fingerprint density at radius 2 is 1.68 bits per heavy atom. The molecule has 5 heteroatoms. The van der Waals surface area contributed by atoms with E-state index in [2.05, 4.69) is 15.9 Å². The molecule has 0 fully saturated rings. The van der Waals surface area contributed by atoms with Crippen molar-refractivity contribution < 1.29 is 8.78 Å². The van der Waals surface area contributed by atoms with E-state index in [1.807, 2.05) is 0 Å². The minimum absolute atomic E-state index is 0.0222. The molecule has 0 aromatic heterocycles. The molecule has 2 aromatic carbocycles. The van der Waals surface area contributed by atoms with Crippen LogP contribution in [-0.2, 0) is 6.42 Å². The first-order valence-electron chi connectivity index (χ1n) is 5.63. The molecule has 19 heavy (non-hydrogen) atoms. The third kappa shape index (κ3) is 3.14. The van der Waals surface area contributed by atoms with Gasteiger partial charge in [0.05, 0.1) is 5.02 Å². The highest BCUT2D eigenvalue weighted by molar-refractivity contribution is 9.10. The minimum Gasteiger partial charge on any atom is -0.324 e. The van der Waals surface area contributed by atoms with Crippen molar-refractivity contribution in [1.29, 1.82) is 0 Å². The first kappa shape index (κ1) is 14.4. The van der Waals surface area contributed by atoms with Gasteiger partial charge >= 0.3 is 0 Å². The van der Waals surface area contributed by atoms with E-state index in [-0.39, 0.29) is 12.0 Å². The van der Waals surface area contributed by atoms with Crippen LogP contribution in [0.1, 0.15) is 17.2 Å².